The number of rotatable bonds is 5. The van der Waals surface area contributed by atoms with Crippen molar-refractivity contribution in [2.24, 2.45) is 11.5 Å². The highest BCUT2D eigenvalue weighted by molar-refractivity contribution is 6.22. The summed E-state index contributed by atoms with van der Waals surface area (Å²) in [5, 5.41) is 2.41. The molecule has 200 valence electrons. The second-order valence-corrected chi connectivity index (χ2v) is 7.44. The molecular formula is C26H32F3N5O3. The molecular weight excluding hydrogens is 487 g/mol. The number of nitrogens with one attached hydrogen (secondary N) is 1. The first-order chi connectivity index (χ1) is 17.4. The summed E-state index contributed by atoms with van der Waals surface area (Å²) in [4.78, 5) is 41.5. The molecule has 0 unspecified atom stereocenters. The lowest BCUT2D eigenvalue weighted by molar-refractivity contribution is -0.137. The number of benzene rings is 1. The molecule has 37 heavy (non-hydrogen) atoms. The smallest absolute Gasteiger partial charge is 0.398 e. The van der Waals surface area contributed by atoms with Crippen molar-refractivity contribution in [2.45, 2.75) is 47.2 Å². The summed E-state index contributed by atoms with van der Waals surface area (Å²) in [6.07, 6.45) is -0.493. The van der Waals surface area contributed by atoms with Crippen molar-refractivity contribution in [3.63, 3.8) is 0 Å². The number of amides is 3. The lowest BCUT2D eigenvalue weighted by atomic mass is 9.97. The molecule has 3 amide bonds. The second-order valence-electron chi connectivity index (χ2n) is 7.44. The van der Waals surface area contributed by atoms with Crippen LogP contribution in [0.5, 0.6) is 0 Å². The number of hydrogen-bond donors (Lipinski definition) is 3. The van der Waals surface area contributed by atoms with E-state index in [-0.39, 0.29) is 34.6 Å². The van der Waals surface area contributed by atoms with Crippen molar-refractivity contribution in [1.82, 2.24) is 15.2 Å². The average Bonchev–Trinajstić information content (AvgIpc) is 3.08. The topological polar surface area (TPSA) is 131 Å². The van der Waals surface area contributed by atoms with E-state index in [1.54, 1.807) is 19.1 Å². The molecule has 0 fully saturated rings. The summed E-state index contributed by atoms with van der Waals surface area (Å²) in [7, 11) is 1.36. The minimum absolute atomic E-state index is 0.0304. The third-order valence-electron chi connectivity index (χ3n) is 4.89. The first-order valence-corrected chi connectivity index (χ1v) is 11.6. The Morgan fingerprint density at radius 1 is 1.03 bits per heavy atom. The molecule has 0 saturated carbocycles. The van der Waals surface area contributed by atoms with Crippen LogP contribution in [-0.2, 0) is 17.4 Å². The first-order valence-electron chi connectivity index (χ1n) is 11.6. The molecule has 3 rings (SSSR count). The molecule has 2 aromatic rings. The molecule has 0 atom stereocenters. The number of aromatic nitrogens is 1. The molecule has 1 aliphatic rings. The third kappa shape index (κ3) is 7.66. The number of carbonyl (C=O) groups is 3. The third-order valence-corrected chi connectivity index (χ3v) is 4.89. The van der Waals surface area contributed by atoms with Crippen LogP contribution < -0.4 is 16.8 Å². The minimum Gasteiger partial charge on any atom is -0.398 e. The van der Waals surface area contributed by atoms with Gasteiger partial charge in [0.15, 0.2) is 0 Å². The van der Waals surface area contributed by atoms with E-state index in [1.165, 1.54) is 19.2 Å². The maximum Gasteiger partial charge on any atom is 0.417 e. The zero-order chi connectivity index (χ0) is 28.5. The Hall–Kier alpha value is -4.15. The highest BCUT2D eigenvalue weighted by Gasteiger charge is 2.35. The van der Waals surface area contributed by atoms with Crippen LogP contribution in [0, 0.1) is 6.92 Å². The fraction of sp³-hybridized carbons (Fsp3) is 0.308. The van der Waals surface area contributed by atoms with Crippen molar-refractivity contribution in [2.75, 3.05) is 7.05 Å². The van der Waals surface area contributed by atoms with E-state index in [1.807, 2.05) is 27.7 Å². The van der Waals surface area contributed by atoms with Gasteiger partial charge in [-0.15, -0.1) is 0 Å². The number of carbonyl (C=O) groups excluding carboxylic acids is 3. The van der Waals surface area contributed by atoms with Gasteiger partial charge in [-0.05, 0) is 42.3 Å². The van der Waals surface area contributed by atoms with Crippen LogP contribution in [0.3, 0.4) is 0 Å². The quantitative estimate of drug-likeness (QED) is 0.402. The first kappa shape index (κ1) is 30.9. The monoisotopic (exact) mass is 519 g/mol. The zero-order valence-corrected chi connectivity index (χ0v) is 21.7. The van der Waals surface area contributed by atoms with Gasteiger partial charge >= 0.3 is 6.18 Å². The molecule has 5 N–H and O–H groups in total. The molecule has 0 bridgehead atoms. The van der Waals surface area contributed by atoms with Gasteiger partial charge in [-0.25, -0.2) is 0 Å². The van der Waals surface area contributed by atoms with Crippen molar-refractivity contribution in [3.05, 3.63) is 81.9 Å². The Morgan fingerprint density at radius 3 is 2.24 bits per heavy atom. The molecule has 0 radical (unpaired) electrons. The molecule has 0 saturated heterocycles. The summed E-state index contributed by atoms with van der Waals surface area (Å²) in [6.45, 7) is 9.74. The molecule has 1 aliphatic heterocycles. The highest BCUT2D eigenvalue weighted by Crippen LogP contribution is 2.30. The predicted molar refractivity (Wildman–Crippen MR) is 136 cm³/mol. The highest BCUT2D eigenvalue weighted by atomic mass is 19.4. The lowest BCUT2D eigenvalue weighted by Crippen LogP contribution is -2.29. The number of fused-ring (bicyclic) bond motifs is 1. The van der Waals surface area contributed by atoms with Gasteiger partial charge in [-0.1, -0.05) is 33.8 Å². The van der Waals surface area contributed by atoms with Crippen LogP contribution in [0.2, 0.25) is 0 Å². The Morgan fingerprint density at radius 2 is 1.65 bits per heavy atom. The number of imide groups is 1. The van der Waals surface area contributed by atoms with Gasteiger partial charge in [0, 0.05) is 30.7 Å². The van der Waals surface area contributed by atoms with Gasteiger partial charge in [0.2, 0.25) is 5.91 Å². The summed E-state index contributed by atoms with van der Waals surface area (Å²) in [6, 6.07) is 4.07. The van der Waals surface area contributed by atoms with Crippen LogP contribution in [0.1, 0.15) is 70.7 Å². The number of allylic oxidation sites excluding steroid dienone is 2. The van der Waals surface area contributed by atoms with Gasteiger partial charge in [0.25, 0.3) is 11.8 Å². The van der Waals surface area contributed by atoms with Gasteiger partial charge < -0.3 is 16.8 Å². The van der Waals surface area contributed by atoms with E-state index in [2.05, 4.69) is 10.3 Å². The molecule has 2 heterocycles. The number of nitrogens with two attached hydrogens (primary N) is 2. The van der Waals surface area contributed by atoms with E-state index in [0.29, 0.717) is 17.3 Å². The number of hydrogen-bond acceptors (Lipinski definition) is 6. The van der Waals surface area contributed by atoms with Crippen LogP contribution in [0.25, 0.3) is 5.70 Å². The summed E-state index contributed by atoms with van der Waals surface area (Å²) in [5.74, 6) is -1.61. The maximum atomic E-state index is 12.8. The minimum atomic E-state index is -4.57. The molecule has 1 aromatic carbocycles. The number of pyridine rings is 1. The van der Waals surface area contributed by atoms with E-state index < -0.39 is 29.5 Å². The SMILES string of the molecule is CC.CC.Cc1cc(CC(=O)N/C(N)=C/C=C(\N)c2cncc(C(F)(F)F)c2)c2c(c1)C(=O)N(C)C2=O. The Balaban J connectivity index is 0.00000163. The Kier molecular flexibility index (Phi) is 11.0. The van der Waals surface area contributed by atoms with E-state index >= 15 is 0 Å². The van der Waals surface area contributed by atoms with Crippen LogP contribution in [-0.4, -0.2) is 34.7 Å². The zero-order valence-electron chi connectivity index (χ0n) is 21.7. The summed E-state index contributed by atoms with van der Waals surface area (Å²) >= 11 is 0. The van der Waals surface area contributed by atoms with Crippen molar-refractivity contribution in [1.29, 1.82) is 0 Å². The van der Waals surface area contributed by atoms with Crippen LogP contribution in [0.15, 0.2) is 48.6 Å². The van der Waals surface area contributed by atoms with Crippen LogP contribution >= 0.6 is 0 Å². The number of halogens is 3. The van der Waals surface area contributed by atoms with Gasteiger partial charge in [0.05, 0.1) is 23.1 Å². The van der Waals surface area contributed by atoms with E-state index in [0.717, 1.165) is 17.2 Å². The normalized spacial score (nSPS) is 13.3. The molecule has 0 spiro atoms. The van der Waals surface area contributed by atoms with Crippen molar-refractivity contribution >= 4 is 23.4 Å². The van der Waals surface area contributed by atoms with E-state index in [4.69, 9.17) is 11.5 Å². The van der Waals surface area contributed by atoms with Crippen molar-refractivity contribution < 1.29 is 27.6 Å². The van der Waals surface area contributed by atoms with E-state index in [9.17, 15) is 27.6 Å². The van der Waals surface area contributed by atoms with Crippen molar-refractivity contribution in [3.8, 4) is 0 Å². The number of nitrogens with zero attached hydrogens (tertiary/aromatic N) is 2. The average molecular weight is 520 g/mol. The predicted octanol–water partition coefficient (Wildman–Crippen LogP) is 4.15. The number of aryl methyl sites for hydroxylation is 1. The van der Waals surface area contributed by atoms with Gasteiger partial charge in [-0.3, -0.25) is 24.3 Å². The standard InChI is InChI=1S/C22H20F3N5O3.2C2H6/c1-11-5-12(19-15(6-11)20(32)30(2)21(19)33)8-18(31)29-17(27)4-3-16(26)13-7-14(10-28-9-13)22(23,24)25;2*1-2/h3-7,9-10H,8,26-27H2,1-2H3,(H,29,31);2*1-2H3/b16-3-,17-4+;;. The summed E-state index contributed by atoms with van der Waals surface area (Å²) in [5.41, 5.74) is 12.1. The fourth-order valence-electron chi connectivity index (χ4n) is 3.31. The maximum absolute atomic E-state index is 12.8. The molecule has 1 aromatic heterocycles. The fourth-order valence-corrected chi connectivity index (χ4v) is 3.31. The number of alkyl halides is 3. The largest absolute Gasteiger partial charge is 0.417 e. The van der Waals surface area contributed by atoms with Crippen LogP contribution in [0.4, 0.5) is 13.2 Å². The lowest BCUT2D eigenvalue weighted by Gasteiger charge is -2.09. The Bertz CT molecular complexity index is 1220. The summed E-state index contributed by atoms with van der Waals surface area (Å²) < 4.78 is 38.5. The molecule has 11 heteroatoms. The second kappa shape index (κ2) is 13.2. The Labute approximate surface area is 214 Å². The molecule has 8 nitrogen and oxygen atoms in total. The molecule has 0 aliphatic carbocycles. The van der Waals surface area contributed by atoms with Gasteiger partial charge in [-0.2, -0.15) is 13.2 Å². The van der Waals surface area contributed by atoms with Gasteiger partial charge in [0.1, 0.15) is 5.82 Å².